The molecule has 2 aliphatic heterocycles. The predicted octanol–water partition coefficient (Wildman–Crippen LogP) is -0.576. The molecule has 0 aromatic rings. The molecule has 4 atom stereocenters. The van der Waals surface area contributed by atoms with E-state index in [-0.39, 0.29) is 0 Å². The van der Waals surface area contributed by atoms with Gasteiger partial charge < -0.3 is 34.4 Å². The van der Waals surface area contributed by atoms with E-state index in [1.165, 1.54) is 0 Å². The van der Waals surface area contributed by atoms with Crippen LogP contribution in [0.2, 0.25) is 0 Å². The van der Waals surface area contributed by atoms with Crippen molar-refractivity contribution in [3.8, 4) is 0 Å². The molecule has 2 heterocycles. The van der Waals surface area contributed by atoms with Crippen molar-refractivity contribution >= 4 is 29.4 Å². The molecule has 17 heteroatoms. The van der Waals surface area contributed by atoms with Crippen LogP contribution in [0.5, 0.6) is 0 Å². The van der Waals surface area contributed by atoms with Gasteiger partial charge in [0.25, 0.3) is 5.76 Å². The van der Waals surface area contributed by atoms with Crippen molar-refractivity contribution in [2.75, 3.05) is 6.61 Å². The minimum atomic E-state index is -5.36. The number of rotatable bonds is 4. The molecule has 0 aromatic heterocycles. The Kier molecular flexibility index (Phi) is 4.79. The molecule has 0 spiro atoms. The average Bonchev–Trinajstić information content (AvgIpc) is 2.61. The molecule has 0 aliphatic carbocycles. The van der Waals surface area contributed by atoms with Crippen molar-refractivity contribution in [3.63, 3.8) is 0 Å². The zero-order valence-corrected chi connectivity index (χ0v) is 13.3. The molecule has 23 heavy (non-hydrogen) atoms. The molecule has 0 radical (unpaired) electrons. The van der Waals surface area contributed by atoms with E-state index in [1.54, 1.807) is 0 Å². The van der Waals surface area contributed by atoms with E-state index in [0.717, 1.165) is 0 Å². The number of carbonyl (C=O) groups excluding carboxylic acids is 1. The number of cyclic esters (lactones) is 1. The minimum absolute atomic E-state index is 0.939. The van der Waals surface area contributed by atoms with Crippen LogP contribution >= 0.6 is 23.5 Å². The Morgan fingerprint density at radius 3 is 2.13 bits per heavy atom. The van der Waals surface area contributed by atoms with Gasteiger partial charge in [0.15, 0.2) is 11.9 Å². The van der Waals surface area contributed by atoms with E-state index in [1.807, 2.05) is 0 Å². The van der Waals surface area contributed by atoms with Crippen LogP contribution in [0.15, 0.2) is 11.5 Å². The third kappa shape index (κ3) is 4.01. The van der Waals surface area contributed by atoms with Crippen LogP contribution < -0.4 is 0 Å². The first-order valence-electron chi connectivity index (χ1n) is 5.40. The SMILES string of the molecule is O=C1O[C@H]([C@@H](O)CO)C(O)=C1OP1(=O)OP(=O)(O)OP(=O)(O)O1. The van der Waals surface area contributed by atoms with E-state index in [9.17, 15) is 28.7 Å². The highest BCUT2D eigenvalue weighted by Gasteiger charge is 2.57. The van der Waals surface area contributed by atoms with E-state index in [2.05, 4.69) is 22.2 Å². The highest BCUT2D eigenvalue weighted by atomic mass is 31.3. The summed E-state index contributed by atoms with van der Waals surface area (Å²) < 4.78 is 54.4. The van der Waals surface area contributed by atoms with Crippen LogP contribution in [0.25, 0.3) is 0 Å². The van der Waals surface area contributed by atoms with Crippen LogP contribution in [-0.2, 0) is 40.7 Å². The molecule has 2 rings (SSSR count). The Morgan fingerprint density at radius 2 is 1.65 bits per heavy atom. The Morgan fingerprint density at radius 1 is 1.13 bits per heavy atom. The highest BCUT2D eigenvalue weighted by molar-refractivity contribution is 7.74. The smallest absolute Gasteiger partial charge is 0.505 e. The molecule has 0 amide bonds. The quantitative estimate of drug-likeness (QED) is 0.296. The maximum absolute atomic E-state index is 12.0. The second-order valence-corrected chi connectivity index (χ2v) is 8.92. The first kappa shape index (κ1) is 18.6. The number of ether oxygens (including phenoxy) is 1. The van der Waals surface area contributed by atoms with Crippen molar-refractivity contribution in [2.45, 2.75) is 12.2 Å². The third-order valence-corrected chi connectivity index (χ3v) is 7.58. The number of esters is 1. The van der Waals surface area contributed by atoms with E-state index in [0.29, 0.717) is 0 Å². The summed E-state index contributed by atoms with van der Waals surface area (Å²) in [7, 11) is -16.0. The van der Waals surface area contributed by atoms with Crippen molar-refractivity contribution in [3.05, 3.63) is 11.5 Å². The Bertz CT molecular complexity index is 667. The van der Waals surface area contributed by atoms with Gasteiger partial charge in [-0.05, 0) is 0 Å². The summed E-state index contributed by atoms with van der Waals surface area (Å²) in [5.74, 6) is -3.96. The lowest BCUT2D eigenvalue weighted by Crippen LogP contribution is -2.31. The van der Waals surface area contributed by atoms with Crippen LogP contribution in [0, 0.1) is 0 Å². The van der Waals surface area contributed by atoms with Crippen LogP contribution in [-0.4, -0.2) is 49.9 Å². The lowest BCUT2D eigenvalue weighted by molar-refractivity contribution is -0.147. The zero-order valence-electron chi connectivity index (χ0n) is 10.6. The first-order valence-corrected chi connectivity index (χ1v) is 9.85. The van der Waals surface area contributed by atoms with Gasteiger partial charge in [-0.25, -0.2) is 18.5 Å². The molecule has 2 unspecified atom stereocenters. The molecule has 132 valence electrons. The van der Waals surface area contributed by atoms with Crippen molar-refractivity contribution < 1.29 is 65.8 Å². The number of aliphatic hydroxyl groups excluding tert-OH is 3. The number of carbonyl (C=O) groups is 1. The van der Waals surface area contributed by atoms with Crippen molar-refractivity contribution in [1.82, 2.24) is 0 Å². The lowest BCUT2D eigenvalue weighted by Gasteiger charge is -2.26. The van der Waals surface area contributed by atoms with Gasteiger partial charge in [-0.2, -0.15) is 12.9 Å². The van der Waals surface area contributed by atoms with Crippen LogP contribution in [0.4, 0.5) is 0 Å². The molecule has 5 N–H and O–H groups in total. The molecule has 1 fully saturated rings. The van der Waals surface area contributed by atoms with Gasteiger partial charge in [0.2, 0.25) is 0 Å². The topological polar surface area (TPSA) is 216 Å². The second kappa shape index (κ2) is 5.94. The second-order valence-electron chi connectivity index (χ2n) is 4.01. The summed E-state index contributed by atoms with van der Waals surface area (Å²) in [6.07, 6.45) is -3.57. The maximum atomic E-state index is 12.0. The molecular weight excluding hydrogens is 389 g/mol. The molecule has 0 saturated carbocycles. The fraction of sp³-hybridized carbons (Fsp3) is 0.500. The standard InChI is InChI=1S/C6H9O14P3/c7-1-2(8)4-3(9)5(6(10)16-4)17-23(15)19-21(11,12)18-22(13,14)20-23/h2,4,7-9H,1H2,(H,11,12)(H,13,14)/t2-,4+/m0/s1. The van der Waals surface area contributed by atoms with Crippen LogP contribution in [0.3, 0.4) is 0 Å². The Balaban J connectivity index is 2.31. The summed E-state index contributed by atoms with van der Waals surface area (Å²) in [4.78, 5) is 29.5. The van der Waals surface area contributed by atoms with Gasteiger partial charge in [0.1, 0.15) is 6.10 Å². The molecule has 0 aromatic carbocycles. The van der Waals surface area contributed by atoms with Gasteiger partial charge in [-0.1, -0.05) is 0 Å². The Hall–Kier alpha value is -0.780. The summed E-state index contributed by atoms with van der Waals surface area (Å²) in [5.41, 5.74) is 0. The summed E-state index contributed by atoms with van der Waals surface area (Å²) in [6.45, 7) is -0.939. The summed E-state index contributed by atoms with van der Waals surface area (Å²) >= 11 is 0. The zero-order chi connectivity index (χ0) is 17.6. The monoisotopic (exact) mass is 398 g/mol. The van der Waals surface area contributed by atoms with Crippen LogP contribution in [0.1, 0.15) is 0 Å². The van der Waals surface area contributed by atoms with Gasteiger partial charge >= 0.3 is 29.4 Å². The van der Waals surface area contributed by atoms with E-state index in [4.69, 9.17) is 14.9 Å². The lowest BCUT2D eigenvalue weighted by atomic mass is 10.2. The average molecular weight is 398 g/mol. The maximum Gasteiger partial charge on any atom is 0.548 e. The van der Waals surface area contributed by atoms with Crippen molar-refractivity contribution in [1.29, 1.82) is 0 Å². The van der Waals surface area contributed by atoms with Gasteiger partial charge in [-0.15, -0.1) is 0 Å². The van der Waals surface area contributed by atoms with Gasteiger partial charge in [0, 0.05) is 0 Å². The largest absolute Gasteiger partial charge is 0.548 e. The van der Waals surface area contributed by atoms with E-state index >= 15 is 0 Å². The van der Waals surface area contributed by atoms with Crippen molar-refractivity contribution in [2.24, 2.45) is 0 Å². The van der Waals surface area contributed by atoms with E-state index < -0.39 is 59.8 Å². The highest BCUT2D eigenvalue weighted by Crippen LogP contribution is 2.80. The fourth-order valence-electron chi connectivity index (χ4n) is 1.47. The number of hydrogen-bond acceptors (Lipinski definition) is 12. The Labute approximate surface area is 126 Å². The summed E-state index contributed by atoms with van der Waals surface area (Å²) in [5, 5.41) is 27.7. The molecule has 0 bridgehead atoms. The fourth-order valence-corrected chi connectivity index (χ4v) is 6.36. The molecule has 14 nitrogen and oxygen atoms in total. The normalized spacial score (nSPS) is 42.4. The summed E-state index contributed by atoms with van der Waals surface area (Å²) in [6, 6.07) is 0. The number of hydrogen-bond donors (Lipinski definition) is 5. The van der Waals surface area contributed by atoms with Gasteiger partial charge in [0.05, 0.1) is 6.61 Å². The predicted molar refractivity (Wildman–Crippen MR) is 64.2 cm³/mol. The molecular formula is C6H9O14P3. The first-order chi connectivity index (χ1) is 10.4. The third-order valence-electron chi connectivity index (χ3n) is 2.27. The number of phosphoric acid groups is 3. The molecule has 2 aliphatic rings. The molecule has 1 saturated heterocycles. The minimum Gasteiger partial charge on any atom is -0.505 e. The number of aliphatic hydroxyl groups is 3. The van der Waals surface area contributed by atoms with Gasteiger partial charge in [-0.3, -0.25) is 0 Å².